The molecule has 11 heteroatoms. The normalized spacial score (nSPS) is 16.3. The van der Waals surface area contributed by atoms with Crippen molar-refractivity contribution in [2.24, 2.45) is 5.14 Å². The molecule has 2 rings (SSSR count). The Labute approximate surface area is 130 Å². The van der Waals surface area contributed by atoms with Crippen LogP contribution in [0.25, 0.3) is 0 Å². The first-order chi connectivity index (χ1) is 10.2. The van der Waals surface area contributed by atoms with Crippen molar-refractivity contribution < 1.29 is 27.5 Å². The molecule has 1 aromatic heterocycles. The van der Waals surface area contributed by atoms with Gasteiger partial charge < -0.3 is 10.1 Å². The van der Waals surface area contributed by atoms with Crippen LogP contribution in [0.4, 0.5) is 4.79 Å². The lowest BCUT2D eigenvalue weighted by molar-refractivity contribution is -0.136. The van der Waals surface area contributed by atoms with Crippen molar-refractivity contribution >= 4 is 39.3 Å². The fourth-order valence-corrected chi connectivity index (χ4v) is 3.33. The Morgan fingerprint density at radius 1 is 1.50 bits per heavy atom. The van der Waals surface area contributed by atoms with Gasteiger partial charge in [0, 0.05) is 18.5 Å². The van der Waals surface area contributed by atoms with E-state index in [9.17, 15) is 22.8 Å². The van der Waals surface area contributed by atoms with Gasteiger partial charge in [0.05, 0.1) is 5.56 Å². The van der Waals surface area contributed by atoms with Crippen molar-refractivity contribution in [3.8, 4) is 0 Å². The number of ether oxygens (including phenoxy) is 1. The molecule has 120 valence electrons. The number of primary sulfonamides is 1. The number of thiophene rings is 1. The molecule has 0 bridgehead atoms. The molecule has 0 radical (unpaired) electrons. The van der Waals surface area contributed by atoms with E-state index in [4.69, 9.17) is 9.88 Å². The van der Waals surface area contributed by atoms with E-state index in [-0.39, 0.29) is 16.3 Å². The van der Waals surface area contributed by atoms with Crippen molar-refractivity contribution in [3.05, 3.63) is 17.0 Å². The molecule has 1 fully saturated rings. The van der Waals surface area contributed by atoms with E-state index in [1.165, 1.54) is 12.3 Å². The molecule has 22 heavy (non-hydrogen) atoms. The number of nitrogens with one attached hydrogen (secondary N) is 1. The third kappa shape index (κ3) is 3.43. The maximum Gasteiger partial charge on any atom is 0.339 e. The second-order valence-corrected chi connectivity index (χ2v) is 7.17. The zero-order chi connectivity index (χ0) is 16.5. The summed E-state index contributed by atoms with van der Waals surface area (Å²) in [6.45, 7) is 1.87. The SMILES string of the molecule is CC(OC(=O)c1csc(S(N)(=O)=O)c1)C(=O)N1CCNC1=O. The summed E-state index contributed by atoms with van der Waals surface area (Å²) in [6, 6.07) is 0.530. The number of rotatable bonds is 4. The van der Waals surface area contributed by atoms with E-state index in [2.05, 4.69) is 5.32 Å². The number of nitrogens with zero attached hydrogens (tertiary/aromatic N) is 1. The van der Waals surface area contributed by atoms with Gasteiger partial charge in [-0.05, 0) is 13.0 Å². The highest BCUT2D eigenvalue weighted by Gasteiger charge is 2.32. The van der Waals surface area contributed by atoms with Crippen LogP contribution in [0.3, 0.4) is 0 Å². The van der Waals surface area contributed by atoms with Gasteiger partial charge in [-0.2, -0.15) is 0 Å². The number of hydrogen-bond donors (Lipinski definition) is 2. The Morgan fingerprint density at radius 3 is 2.68 bits per heavy atom. The summed E-state index contributed by atoms with van der Waals surface area (Å²) >= 11 is 0.773. The van der Waals surface area contributed by atoms with E-state index in [0.717, 1.165) is 22.3 Å². The molecule has 9 nitrogen and oxygen atoms in total. The van der Waals surface area contributed by atoms with Crippen molar-refractivity contribution in [2.75, 3.05) is 13.1 Å². The molecule has 1 aromatic rings. The highest BCUT2D eigenvalue weighted by molar-refractivity contribution is 7.91. The van der Waals surface area contributed by atoms with Gasteiger partial charge in [-0.1, -0.05) is 0 Å². The van der Waals surface area contributed by atoms with Crippen LogP contribution in [0.15, 0.2) is 15.7 Å². The van der Waals surface area contributed by atoms with Crippen LogP contribution < -0.4 is 10.5 Å². The second kappa shape index (κ2) is 6.02. The van der Waals surface area contributed by atoms with Crippen LogP contribution in [0, 0.1) is 0 Å². The standard InChI is InChI=1S/C11H13N3O6S2/c1-6(9(15)14-3-2-13-11(14)17)20-10(16)7-4-8(21-5-7)22(12,18)19/h4-6H,2-3H2,1H3,(H,13,17)(H2,12,18,19). The minimum atomic E-state index is -3.90. The van der Waals surface area contributed by atoms with Crippen LogP contribution in [0.2, 0.25) is 0 Å². The summed E-state index contributed by atoms with van der Waals surface area (Å²) < 4.78 is 27.0. The predicted octanol–water partition coefficient (Wildman–Crippen LogP) is -0.507. The van der Waals surface area contributed by atoms with Gasteiger partial charge >= 0.3 is 12.0 Å². The van der Waals surface area contributed by atoms with E-state index < -0.39 is 34.0 Å². The first-order valence-electron chi connectivity index (χ1n) is 6.11. The highest BCUT2D eigenvalue weighted by atomic mass is 32.2. The average molecular weight is 347 g/mol. The van der Waals surface area contributed by atoms with Crippen molar-refractivity contribution in [3.63, 3.8) is 0 Å². The summed E-state index contributed by atoms with van der Waals surface area (Å²) in [7, 11) is -3.90. The quantitative estimate of drug-likeness (QED) is 0.704. The number of hydrogen-bond acceptors (Lipinski definition) is 7. The van der Waals surface area contributed by atoms with Gasteiger partial charge in [-0.25, -0.2) is 23.1 Å². The van der Waals surface area contributed by atoms with Gasteiger partial charge in [0.1, 0.15) is 4.21 Å². The highest BCUT2D eigenvalue weighted by Crippen LogP contribution is 2.20. The smallest absolute Gasteiger partial charge is 0.339 e. The number of esters is 1. The van der Waals surface area contributed by atoms with E-state index >= 15 is 0 Å². The molecular weight excluding hydrogens is 334 g/mol. The number of amides is 3. The molecule has 1 saturated heterocycles. The fraction of sp³-hybridized carbons (Fsp3) is 0.364. The van der Waals surface area contributed by atoms with Gasteiger partial charge in [-0.15, -0.1) is 11.3 Å². The Hall–Kier alpha value is -1.98. The van der Waals surface area contributed by atoms with E-state index in [1.54, 1.807) is 0 Å². The molecule has 0 aliphatic carbocycles. The Morgan fingerprint density at radius 2 is 2.18 bits per heavy atom. The first kappa shape index (κ1) is 16.4. The first-order valence-corrected chi connectivity index (χ1v) is 8.54. The number of urea groups is 1. The minimum Gasteiger partial charge on any atom is -0.449 e. The maximum absolute atomic E-state index is 12.0. The number of sulfonamides is 1. The molecule has 3 amide bonds. The third-order valence-corrected chi connectivity index (χ3v) is 5.23. The maximum atomic E-state index is 12.0. The Bertz CT molecular complexity index is 726. The molecule has 0 aromatic carbocycles. The van der Waals surface area contributed by atoms with Crippen LogP contribution in [0.5, 0.6) is 0 Å². The van der Waals surface area contributed by atoms with Crippen molar-refractivity contribution in [2.45, 2.75) is 17.2 Å². The van der Waals surface area contributed by atoms with Crippen molar-refractivity contribution in [1.82, 2.24) is 10.2 Å². The van der Waals surface area contributed by atoms with Gasteiger partial charge in [0.25, 0.3) is 5.91 Å². The molecule has 1 unspecified atom stereocenters. The molecule has 3 N–H and O–H groups in total. The van der Waals surface area contributed by atoms with E-state index in [1.807, 2.05) is 0 Å². The van der Waals surface area contributed by atoms with Gasteiger partial charge in [-0.3, -0.25) is 9.69 Å². The largest absolute Gasteiger partial charge is 0.449 e. The zero-order valence-electron chi connectivity index (χ0n) is 11.4. The number of nitrogens with two attached hydrogens (primary N) is 1. The van der Waals surface area contributed by atoms with E-state index in [0.29, 0.717) is 6.54 Å². The molecule has 1 aliphatic heterocycles. The third-order valence-electron chi connectivity index (χ3n) is 2.85. The lowest BCUT2D eigenvalue weighted by Gasteiger charge is -2.17. The number of carbonyl (C=O) groups is 3. The van der Waals surface area contributed by atoms with Gasteiger partial charge in [0.15, 0.2) is 6.10 Å². The van der Waals surface area contributed by atoms with Crippen LogP contribution >= 0.6 is 11.3 Å². The predicted molar refractivity (Wildman–Crippen MR) is 75.7 cm³/mol. The number of imide groups is 1. The lowest BCUT2D eigenvalue weighted by Crippen LogP contribution is -2.41. The summed E-state index contributed by atoms with van der Waals surface area (Å²) in [4.78, 5) is 36.1. The van der Waals surface area contributed by atoms with Crippen LogP contribution in [-0.4, -0.2) is 50.4 Å². The molecule has 0 spiro atoms. The minimum absolute atomic E-state index is 0.0282. The molecule has 1 aliphatic rings. The summed E-state index contributed by atoms with van der Waals surface area (Å²) in [6.07, 6.45) is -1.17. The second-order valence-electron chi connectivity index (χ2n) is 4.47. The number of carbonyl (C=O) groups excluding carboxylic acids is 3. The molecule has 1 atom stereocenters. The summed E-state index contributed by atoms with van der Waals surface area (Å²) in [5.74, 6) is -1.52. The zero-order valence-corrected chi connectivity index (χ0v) is 13.1. The van der Waals surface area contributed by atoms with Crippen molar-refractivity contribution in [1.29, 1.82) is 0 Å². The average Bonchev–Trinajstić information content (AvgIpc) is 3.05. The fourth-order valence-electron chi connectivity index (χ4n) is 1.75. The van der Waals surface area contributed by atoms with Crippen LogP contribution in [-0.2, 0) is 19.6 Å². The molecule has 2 heterocycles. The summed E-state index contributed by atoms with van der Waals surface area (Å²) in [5.41, 5.74) is -0.0282. The monoisotopic (exact) mass is 347 g/mol. The lowest BCUT2D eigenvalue weighted by atomic mass is 10.3. The Balaban J connectivity index is 2.03. The van der Waals surface area contributed by atoms with Gasteiger partial charge in [0.2, 0.25) is 10.0 Å². The summed E-state index contributed by atoms with van der Waals surface area (Å²) in [5, 5.41) is 8.67. The van der Waals surface area contributed by atoms with Crippen LogP contribution in [0.1, 0.15) is 17.3 Å². The molecular formula is C11H13N3O6S2. The Kier molecular flexibility index (Phi) is 4.49. The topological polar surface area (TPSA) is 136 Å². The molecule has 0 saturated carbocycles.